The summed E-state index contributed by atoms with van der Waals surface area (Å²) in [4.78, 5) is 37.1. The Labute approximate surface area is 218 Å². The van der Waals surface area contributed by atoms with Crippen molar-refractivity contribution < 1.29 is 19.1 Å². The van der Waals surface area contributed by atoms with Gasteiger partial charge >= 0.3 is 6.03 Å². The van der Waals surface area contributed by atoms with Gasteiger partial charge in [0.1, 0.15) is 0 Å². The fourth-order valence-corrected chi connectivity index (χ4v) is 5.96. The quantitative estimate of drug-likeness (QED) is 0.484. The molecule has 3 amide bonds. The summed E-state index contributed by atoms with van der Waals surface area (Å²) < 4.78 is 11.5. The first-order chi connectivity index (χ1) is 17.5. The molecule has 1 saturated carbocycles. The number of urea groups is 1. The number of pyridine rings is 1. The minimum Gasteiger partial charge on any atom is -0.477 e. The van der Waals surface area contributed by atoms with Gasteiger partial charge in [-0.2, -0.15) is 12.6 Å². The Balaban J connectivity index is 1.07. The zero-order valence-electron chi connectivity index (χ0n) is 20.9. The van der Waals surface area contributed by atoms with Crippen molar-refractivity contribution in [1.82, 2.24) is 19.7 Å². The minimum absolute atomic E-state index is 0.0262. The lowest BCUT2D eigenvalue weighted by atomic mass is 10.0. The molecule has 0 N–H and O–H groups in total. The first-order valence-electron chi connectivity index (χ1n) is 13.5. The number of aromatic nitrogens is 1. The largest absolute Gasteiger partial charge is 0.477 e. The normalized spacial score (nSPS) is 23.4. The van der Waals surface area contributed by atoms with Gasteiger partial charge in [0.2, 0.25) is 5.88 Å². The number of carbonyl (C=O) groups is 2. The number of nitrogens with zero attached hydrogens (tertiary/aromatic N) is 4. The average molecular weight is 513 g/mol. The Morgan fingerprint density at radius 3 is 2.25 bits per heavy atom. The predicted molar refractivity (Wildman–Crippen MR) is 139 cm³/mol. The van der Waals surface area contributed by atoms with Crippen molar-refractivity contribution in [2.75, 3.05) is 59.1 Å². The van der Waals surface area contributed by atoms with Crippen molar-refractivity contribution in [3.63, 3.8) is 0 Å². The molecule has 5 aliphatic rings. The highest BCUT2D eigenvalue weighted by atomic mass is 32.1. The predicted octanol–water partition coefficient (Wildman–Crippen LogP) is 3.35. The van der Waals surface area contributed by atoms with Crippen molar-refractivity contribution in [3.8, 4) is 5.88 Å². The molecule has 3 fully saturated rings. The molecule has 0 atom stereocenters. The molecule has 0 spiro atoms. The van der Waals surface area contributed by atoms with Crippen LogP contribution in [-0.2, 0) is 4.74 Å². The topological polar surface area (TPSA) is 75.2 Å². The highest BCUT2D eigenvalue weighted by Gasteiger charge is 2.37. The summed E-state index contributed by atoms with van der Waals surface area (Å²) in [5.74, 6) is 1.51. The van der Waals surface area contributed by atoms with Gasteiger partial charge in [0.25, 0.3) is 5.91 Å². The molecule has 1 aromatic rings. The Morgan fingerprint density at radius 2 is 1.58 bits per heavy atom. The summed E-state index contributed by atoms with van der Waals surface area (Å²) in [5, 5.41) is 0.400. The van der Waals surface area contributed by atoms with Crippen LogP contribution in [-0.4, -0.2) is 96.0 Å². The number of amides is 3. The van der Waals surface area contributed by atoms with Crippen molar-refractivity contribution in [2.24, 2.45) is 5.92 Å². The average Bonchev–Trinajstić information content (AvgIpc) is 3.57. The van der Waals surface area contributed by atoms with Gasteiger partial charge in [0.15, 0.2) is 0 Å². The number of hydrogen-bond donors (Lipinski definition) is 1. The summed E-state index contributed by atoms with van der Waals surface area (Å²) in [6.45, 7) is 6.20. The lowest BCUT2D eigenvalue weighted by Crippen LogP contribution is -2.47. The van der Waals surface area contributed by atoms with Gasteiger partial charge in [-0.05, 0) is 61.7 Å². The maximum Gasteiger partial charge on any atom is 0.320 e. The molecule has 8 nitrogen and oxygen atoms in total. The molecular weight excluding hydrogens is 476 g/mol. The number of thiol groups is 1. The van der Waals surface area contributed by atoms with Gasteiger partial charge in [0, 0.05) is 81.0 Å². The molecule has 6 rings (SSSR count). The Morgan fingerprint density at radius 1 is 0.917 bits per heavy atom. The van der Waals surface area contributed by atoms with Crippen LogP contribution in [0.1, 0.15) is 60.5 Å². The molecule has 5 heterocycles. The van der Waals surface area contributed by atoms with E-state index in [2.05, 4.69) is 12.6 Å². The van der Waals surface area contributed by atoms with E-state index in [0.29, 0.717) is 61.3 Å². The lowest BCUT2D eigenvalue weighted by Gasteiger charge is -2.34. The molecule has 4 aliphatic heterocycles. The molecule has 1 aromatic heterocycles. The van der Waals surface area contributed by atoms with Crippen LogP contribution in [0.2, 0.25) is 0 Å². The van der Waals surface area contributed by atoms with E-state index >= 15 is 0 Å². The van der Waals surface area contributed by atoms with Gasteiger partial charge in [-0.15, -0.1) is 0 Å². The highest BCUT2D eigenvalue weighted by molar-refractivity contribution is 7.80. The highest BCUT2D eigenvalue weighted by Crippen LogP contribution is 2.40. The van der Waals surface area contributed by atoms with Gasteiger partial charge < -0.3 is 24.2 Å². The number of hydrogen-bond acceptors (Lipinski definition) is 6. The SMILES string of the molecule is O=C(c1cc(OCC2CCOCC2)nc(C2CC2)c1)N1CC2=C(C1)CN(C(=O)N1CCC(S)CC1)C2. The molecule has 0 unspecified atom stereocenters. The van der Waals surface area contributed by atoms with E-state index in [1.54, 1.807) is 0 Å². The molecule has 36 heavy (non-hydrogen) atoms. The van der Waals surface area contributed by atoms with Crippen LogP contribution >= 0.6 is 12.6 Å². The Kier molecular flexibility index (Phi) is 6.86. The second-order valence-electron chi connectivity index (χ2n) is 11.0. The number of ether oxygens (including phenoxy) is 2. The van der Waals surface area contributed by atoms with Gasteiger partial charge in [-0.1, -0.05) is 0 Å². The van der Waals surface area contributed by atoms with Gasteiger partial charge in [-0.3, -0.25) is 4.79 Å². The summed E-state index contributed by atoms with van der Waals surface area (Å²) in [7, 11) is 0. The van der Waals surface area contributed by atoms with Crippen molar-refractivity contribution >= 4 is 24.6 Å². The van der Waals surface area contributed by atoms with Crippen LogP contribution in [0.4, 0.5) is 4.79 Å². The molecule has 0 radical (unpaired) electrons. The van der Waals surface area contributed by atoms with Gasteiger partial charge in [-0.25, -0.2) is 9.78 Å². The number of likely N-dealkylation sites (tertiary alicyclic amines) is 1. The van der Waals surface area contributed by atoms with Crippen molar-refractivity contribution in [3.05, 3.63) is 34.5 Å². The van der Waals surface area contributed by atoms with Crippen LogP contribution in [0.5, 0.6) is 5.88 Å². The van der Waals surface area contributed by atoms with E-state index in [0.717, 1.165) is 70.5 Å². The lowest BCUT2D eigenvalue weighted by molar-refractivity contribution is 0.0490. The van der Waals surface area contributed by atoms with E-state index in [4.69, 9.17) is 14.5 Å². The van der Waals surface area contributed by atoms with Crippen molar-refractivity contribution in [2.45, 2.75) is 49.7 Å². The minimum atomic E-state index is 0.0262. The molecule has 194 valence electrons. The second kappa shape index (κ2) is 10.2. The zero-order chi connectivity index (χ0) is 24.6. The maximum atomic E-state index is 13.5. The van der Waals surface area contributed by atoms with Crippen LogP contribution in [0.25, 0.3) is 0 Å². The van der Waals surface area contributed by atoms with E-state index in [-0.39, 0.29) is 11.9 Å². The molecule has 0 bridgehead atoms. The summed E-state index contributed by atoms with van der Waals surface area (Å²) >= 11 is 4.54. The van der Waals surface area contributed by atoms with E-state index in [9.17, 15) is 9.59 Å². The first-order valence-corrected chi connectivity index (χ1v) is 14.0. The Hall–Kier alpha value is -2.26. The fourth-order valence-electron chi connectivity index (χ4n) is 5.73. The third kappa shape index (κ3) is 5.23. The second-order valence-corrected chi connectivity index (χ2v) is 11.7. The standard InChI is InChI=1S/C27H36N4O4S/c32-26(20-11-24(19-1-2-19)28-25(12-20)35-17-18-5-9-34-10-6-18)30-13-21-15-31(16-22(21)14-30)27(33)29-7-3-23(36)4-8-29/h11-12,18-19,23,36H,1-10,13-17H2. The van der Waals surface area contributed by atoms with E-state index in [1.165, 1.54) is 11.1 Å². The van der Waals surface area contributed by atoms with E-state index in [1.807, 2.05) is 26.8 Å². The fraction of sp³-hybridized carbons (Fsp3) is 0.667. The molecule has 1 aliphatic carbocycles. The monoisotopic (exact) mass is 512 g/mol. The maximum absolute atomic E-state index is 13.5. The number of piperidine rings is 1. The molecule has 0 aromatic carbocycles. The first kappa shape index (κ1) is 24.1. The van der Waals surface area contributed by atoms with Crippen LogP contribution in [0.15, 0.2) is 23.3 Å². The van der Waals surface area contributed by atoms with Crippen LogP contribution in [0.3, 0.4) is 0 Å². The molecule has 2 saturated heterocycles. The van der Waals surface area contributed by atoms with Gasteiger partial charge in [0.05, 0.1) is 6.61 Å². The smallest absolute Gasteiger partial charge is 0.320 e. The Bertz CT molecular complexity index is 1030. The number of carbonyl (C=O) groups excluding carboxylic acids is 2. The molecule has 9 heteroatoms. The van der Waals surface area contributed by atoms with Crippen LogP contribution < -0.4 is 4.74 Å². The third-order valence-corrected chi connectivity index (χ3v) is 8.71. The van der Waals surface area contributed by atoms with Crippen LogP contribution in [0, 0.1) is 5.92 Å². The summed E-state index contributed by atoms with van der Waals surface area (Å²) in [6.07, 6.45) is 6.16. The molecular formula is C27H36N4O4S. The van der Waals surface area contributed by atoms with Crippen molar-refractivity contribution in [1.29, 1.82) is 0 Å². The summed E-state index contributed by atoms with van der Waals surface area (Å²) in [6, 6.07) is 3.90. The third-order valence-electron chi connectivity index (χ3n) is 8.19. The summed E-state index contributed by atoms with van der Waals surface area (Å²) in [5.41, 5.74) is 4.07. The van der Waals surface area contributed by atoms with E-state index < -0.39 is 0 Å². The number of rotatable bonds is 5. The zero-order valence-corrected chi connectivity index (χ0v) is 21.8.